The van der Waals surface area contributed by atoms with E-state index in [-0.39, 0.29) is 5.56 Å². The van der Waals surface area contributed by atoms with Gasteiger partial charge in [-0.2, -0.15) is 0 Å². The van der Waals surface area contributed by atoms with Crippen LogP contribution in [0.3, 0.4) is 0 Å². The lowest BCUT2D eigenvalue weighted by atomic mass is 10.1. The molecule has 0 atom stereocenters. The Morgan fingerprint density at radius 2 is 2.16 bits per heavy atom. The van der Waals surface area contributed by atoms with E-state index in [0.717, 1.165) is 13.0 Å². The van der Waals surface area contributed by atoms with Crippen LogP contribution in [0.1, 0.15) is 30.6 Å². The van der Waals surface area contributed by atoms with Crippen LogP contribution < -0.4 is 11.1 Å². The molecule has 0 bridgehead atoms. The molecule has 0 aliphatic heterocycles. The Morgan fingerprint density at radius 3 is 2.79 bits per heavy atom. The number of carboxylic acid groups (broad SMARTS) is 1. The van der Waals surface area contributed by atoms with Crippen LogP contribution in [-0.2, 0) is 4.74 Å². The fraction of sp³-hybridized carbons (Fsp3) is 0.500. The average molecular weight is 266 g/mol. The highest BCUT2D eigenvalue weighted by molar-refractivity contribution is 5.95. The molecule has 0 radical (unpaired) electrons. The number of nitrogens with two attached hydrogens (primary N) is 1. The maximum atomic E-state index is 11.1. The lowest BCUT2D eigenvalue weighted by molar-refractivity contribution is 0.0698. The first-order valence-corrected chi connectivity index (χ1v) is 6.45. The van der Waals surface area contributed by atoms with Gasteiger partial charge in [-0.1, -0.05) is 13.8 Å². The Labute approximate surface area is 113 Å². The molecule has 0 amide bonds. The van der Waals surface area contributed by atoms with Gasteiger partial charge < -0.3 is 20.9 Å². The second-order valence-electron chi connectivity index (χ2n) is 4.83. The van der Waals surface area contributed by atoms with E-state index in [2.05, 4.69) is 19.2 Å². The van der Waals surface area contributed by atoms with Crippen LogP contribution in [0.5, 0.6) is 0 Å². The summed E-state index contributed by atoms with van der Waals surface area (Å²) in [5, 5.41) is 12.1. The summed E-state index contributed by atoms with van der Waals surface area (Å²) >= 11 is 0. The predicted molar refractivity (Wildman–Crippen MR) is 76.6 cm³/mol. The van der Waals surface area contributed by atoms with Gasteiger partial charge in [-0.05, 0) is 30.5 Å². The summed E-state index contributed by atoms with van der Waals surface area (Å²) in [5.74, 6) is -0.362. The number of nitrogen functional groups attached to an aromatic ring is 1. The number of rotatable bonds is 8. The summed E-state index contributed by atoms with van der Waals surface area (Å²) < 4.78 is 5.46. The molecule has 1 rings (SSSR count). The van der Waals surface area contributed by atoms with Crippen LogP contribution in [0.25, 0.3) is 0 Å². The van der Waals surface area contributed by atoms with Crippen molar-refractivity contribution in [3.63, 3.8) is 0 Å². The second kappa shape index (κ2) is 7.63. The van der Waals surface area contributed by atoms with Crippen molar-refractivity contribution in [1.82, 2.24) is 0 Å². The van der Waals surface area contributed by atoms with E-state index in [1.54, 1.807) is 12.1 Å². The zero-order valence-electron chi connectivity index (χ0n) is 11.5. The second-order valence-corrected chi connectivity index (χ2v) is 4.83. The molecular formula is C14H22N2O3. The molecule has 5 heteroatoms. The zero-order chi connectivity index (χ0) is 14.3. The molecule has 19 heavy (non-hydrogen) atoms. The van der Waals surface area contributed by atoms with E-state index in [0.29, 0.717) is 30.4 Å². The van der Waals surface area contributed by atoms with E-state index in [9.17, 15) is 4.79 Å². The smallest absolute Gasteiger partial charge is 0.337 e. The van der Waals surface area contributed by atoms with Crippen LogP contribution in [0, 0.1) is 5.92 Å². The fourth-order valence-corrected chi connectivity index (χ4v) is 1.57. The number of hydrogen-bond donors (Lipinski definition) is 3. The maximum absolute atomic E-state index is 11.1. The van der Waals surface area contributed by atoms with Crippen molar-refractivity contribution in [3.8, 4) is 0 Å². The third kappa shape index (κ3) is 5.61. The minimum atomic E-state index is -0.990. The highest BCUT2D eigenvalue weighted by atomic mass is 16.5. The number of anilines is 2. The first-order valence-electron chi connectivity index (χ1n) is 6.45. The van der Waals surface area contributed by atoms with Crippen LogP contribution in [0.15, 0.2) is 18.2 Å². The number of nitrogens with one attached hydrogen (secondary N) is 1. The molecule has 0 unspecified atom stereocenters. The molecule has 0 aliphatic carbocycles. The molecule has 106 valence electrons. The van der Waals surface area contributed by atoms with Gasteiger partial charge in [0, 0.05) is 24.5 Å². The van der Waals surface area contributed by atoms with Gasteiger partial charge >= 0.3 is 5.97 Å². The van der Waals surface area contributed by atoms with Gasteiger partial charge in [-0.15, -0.1) is 0 Å². The SMILES string of the molecule is CC(C)CCOCCNc1ccc(N)cc1C(=O)O. The topological polar surface area (TPSA) is 84.6 Å². The van der Waals surface area contributed by atoms with Gasteiger partial charge in [0.05, 0.1) is 12.2 Å². The summed E-state index contributed by atoms with van der Waals surface area (Å²) in [4.78, 5) is 11.1. The van der Waals surface area contributed by atoms with Crippen LogP contribution in [-0.4, -0.2) is 30.8 Å². The van der Waals surface area contributed by atoms with Gasteiger partial charge in [-0.25, -0.2) is 4.79 Å². The highest BCUT2D eigenvalue weighted by Crippen LogP contribution is 2.18. The Hall–Kier alpha value is -1.75. The van der Waals surface area contributed by atoms with Gasteiger partial charge in [0.2, 0.25) is 0 Å². The van der Waals surface area contributed by atoms with Crippen molar-refractivity contribution < 1.29 is 14.6 Å². The lowest BCUT2D eigenvalue weighted by Crippen LogP contribution is -2.13. The minimum Gasteiger partial charge on any atom is -0.478 e. The average Bonchev–Trinajstić information content (AvgIpc) is 2.34. The summed E-state index contributed by atoms with van der Waals surface area (Å²) in [6, 6.07) is 4.80. The van der Waals surface area contributed by atoms with Crippen LogP contribution >= 0.6 is 0 Å². The molecular weight excluding hydrogens is 244 g/mol. The minimum absolute atomic E-state index is 0.183. The maximum Gasteiger partial charge on any atom is 0.337 e. The molecule has 0 aromatic heterocycles. The molecule has 0 aliphatic rings. The molecule has 0 fully saturated rings. The molecule has 0 saturated heterocycles. The van der Waals surface area contributed by atoms with E-state index < -0.39 is 5.97 Å². The summed E-state index contributed by atoms with van der Waals surface area (Å²) in [6.45, 7) is 6.15. The fourth-order valence-electron chi connectivity index (χ4n) is 1.57. The van der Waals surface area contributed by atoms with Crippen molar-refractivity contribution in [3.05, 3.63) is 23.8 Å². The van der Waals surface area contributed by atoms with Crippen LogP contribution in [0.2, 0.25) is 0 Å². The van der Waals surface area contributed by atoms with Gasteiger partial charge in [0.25, 0.3) is 0 Å². The van der Waals surface area contributed by atoms with E-state index in [4.69, 9.17) is 15.6 Å². The van der Waals surface area contributed by atoms with Crippen molar-refractivity contribution in [1.29, 1.82) is 0 Å². The Balaban J connectivity index is 2.39. The molecule has 1 aromatic carbocycles. The lowest BCUT2D eigenvalue weighted by Gasteiger charge is -2.11. The summed E-state index contributed by atoms with van der Waals surface area (Å²) in [5.41, 5.74) is 6.76. The Bertz CT molecular complexity index is 419. The van der Waals surface area contributed by atoms with Crippen molar-refractivity contribution in [2.45, 2.75) is 20.3 Å². The molecule has 0 heterocycles. The zero-order valence-corrected chi connectivity index (χ0v) is 11.5. The van der Waals surface area contributed by atoms with Crippen molar-refractivity contribution >= 4 is 17.3 Å². The molecule has 0 saturated carbocycles. The third-order valence-electron chi connectivity index (χ3n) is 2.68. The van der Waals surface area contributed by atoms with Crippen molar-refractivity contribution in [2.24, 2.45) is 5.92 Å². The van der Waals surface area contributed by atoms with Crippen LogP contribution in [0.4, 0.5) is 11.4 Å². The number of aromatic carboxylic acids is 1. The number of carboxylic acids is 1. The standard InChI is InChI=1S/C14H22N2O3/c1-10(2)5-7-19-8-6-16-13-4-3-11(15)9-12(13)14(17)18/h3-4,9-10,16H,5-8,15H2,1-2H3,(H,17,18). The summed E-state index contributed by atoms with van der Waals surface area (Å²) in [6.07, 6.45) is 1.03. The molecule has 1 aromatic rings. The quantitative estimate of drug-likeness (QED) is 0.497. The molecule has 5 nitrogen and oxygen atoms in total. The predicted octanol–water partition coefficient (Wildman–Crippen LogP) is 2.44. The van der Waals surface area contributed by atoms with E-state index in [1.165, 1.54) is 6.07 Å². The number of benzene rings is 1. The molecule has 4 N–H and O–H groups in total. The largest absolute Gasteiger partial charge is 0.478 e. The van der Waals surface area contributed by atoms with Gasteiger partial charge in [0.15, 0.2) is 0 Å². The first-order chi connectivity index (χ1) is 9.00. The highest BCUT2D eigenvalue weighted by Gasteiger charge is 2.09. The summed E-state index contributed by atoms with van der Waals surface area (Å²) in [7, 11) is 0. The Kier molecular flexibility index (Phi) is 6.15. The number of hydrogen-bond acceptors (Lipinski definition) is 4. The normalized spacial score (nSPS) is 10.7. The molecule has 0 spiro atoms. The third-order valence-corrected chi connectivity index (χ3v) is 2.68. The van der Waals surface area contributed by atoms with E-state index >= 15 is 0 Å². The van der Waals surface area contributed by atoms with Gasteiger partial charge in [0.1, 0.15) is 0 Å². The monoisotopic (exact) mass is 266 g/mol. The van der Waals surface area contributed by atoms with Crippen molar-refractivity contribution in [2.75, 3.05) is 30.8 Å². The first kappa shape index (κ1) is 15.3. The van der Waals surface area contributed by atoms with Gasteiger partial charge in [-0.3, -0.25) is 0 Å². The van der Waals surface area contributed by atoms with E-state index in [1.807, 2.05) is 0 Å². The number of ether oxygens (including phenoxy) is 1. The number of carbonyl (C=O) groups is 1. The Morgan fingerprint density at radius 1 is 1.42 bits per heavy atom.